The van der Waals surface area contributed by atoms with Crippen LogP contribution in [-0.4, -0.2) is 61.9 Å². The molecule has 230 valence electrons. The van der Waals surface area contributed by atoms with Crippen molar-refractivity contribution >= 4 is 50.8 Å². The lowest BCUT2D eigenvalue weighted by molar-refractivity contribution is -0.139. The Kier molecular flexibility index (Phi) is 11.2. The first-order chi connectivity index (χ1) is 19.4. The van der Waals surface area contributed by atoms with Crippen LogP contribution in [0.5, 0.6) is 0 Å². The fourth-order valence-corrected chi connectivity index (χ4v) is 7.53. The maximum absolute atomic E-state index is 14.0. The quantitative estimate of drug-likeness (QED) is 0.341. The molecule has 2 aromatic rings. The number of benzene rings is 2. The van der Waals surface area contributed by atoms with Crippen LogP contribution >= 0.6 is 24.0 Å². The van der Waals surface area contributed by atoms with Gasteiger partial charge >= 0.3 is 0 Å². The Morgan fingerprint density at radius 3 is 2.31 bits per heavy atom. The van der Waals surface area contributed by atoms with Crippen LogP contribution in [0.2, 0.25) is 5.02 Å². The Hall–Kier alpha value is -2.47. The van der Waals surface area contributed by atoms with E-state index in [0.717, 1.165) is 18.4 Å². The lowest BCUT2D eigenvalue weighted by Crippen LogP contribution is -2.58. The molecule has 4 N–H and O–H groups in total. The van der Waals surface area contributed by atoms with E-state index in [1.165, 1.54) is 0 Å². The van der Waals surface area contributed by atoms with Gasteiger partial charge in [0.2, 0.25) is 21.8 Å². The highest BCUT2D eigenvalue weighted by molar-refractivity contribution is 7.99. The molecule has 1 saturated carbocycles. The third kappa shape index (κ3) is 7.72. The van der Waals surface area contributed by atoms with Gasteiger partial charge in [-0.25, -0.2) is 13.1 Å². The number of nitrogens with two attached hydrogens (primary N) is 1. The van der Waals surface area contributed by atoms with Gasteiger partial charge in [-0.2, -0.15) is 0 Å². The van der Waals surface area contributed by atoms with Crippen molar-refractivity contribution in [2.24, 2.45) is 5.73 Å². The summed E-state index contributed by atoms with van der Waals surface area (Å²) in [5.74, 6) is -0.868. The zero-order valence-electron chi connectivity index (χ0n) is 24.2. The van der Waals surface area contributed by atoms with Gasteiger partial charge in [-0.05, 0) is 62.4 Å². The van der Waals surface area contributed by atoms with E-state index in [-0.39, 0.29) is 43.0 Å². The molecule has 9 nitrogen and oxygen atoms in total. The molecule has 1 aliphatic heterocycles. The minimum atomic E-state index is -3.84. The van der Waals surface area contributed by atoms with Crippen LogP contribution in [0.25, 0.3) is 4.91 Å². The molecule has 1 fully saturated rings. The minimum Gasteiger partial charge on any atom is -0.374 e. The van der Waals surface area contributed by atoms with E-state index in [0.29, 0.717) is 35.5 Å². The summed E-state index contributed by atoms with van der Waals surface area (Å²) < 4.78 is 35.9. The van der Waals surface area contributed by atoms with Gasteiger partial charge in [0.1, 0.15) is 6.04 Å². The van der Waals surface area contributed by atoms with E-state index >= 15 is 0 Å². The fraction of sp³-hybridized carbons (Fsp3) is 0.467. The summed E-state index contributed by atoms with van der Waals surface area (Å²) in [6.45, 7) is 5.52. The lowest BCUT2D eigenvalue weighted by atomic mass is 9.87. The van der Waals surface area contributed by atoms with Gasteiger partial charge in [0.15, 0.2) is 0 Å². The molecule has 42 heavy (non-hydrogen) atoms. The predicted molar refractivity (Wildman–Crippen MR) is 167 cm³/mol. The molecule has 1 aliphatic carbocycles. The van der Waals surface area contributed by atoms with E-state index in [2.05, 4.69) is 10.0 Å². The zero-order valence-corrected chi connectivity index (χ0v) is 26.6. The molecule has 0 radical (unpaired) electrons. The first-order valence-corrected chi connectivity index (χ1v) is 15.8. The van der Waals surface area contributed by atoms with Crippen LogP contribution in [0.15, 0.2) is 60.2 Å². The number of nitrogens with one attached hydrogen (secondary N) is 2. The second-order valence-corrected chi connectivity index (χ2v) is 13.4. The monoisotopic (exact) mass is 638 g/mol. The zero-order chi connectivity index (χ0) is 29.8. The highest BCUT2D eigenvalue weighted by atomic mass is 35.5. The van der Waals surface area contributed by atoms with E-state index in [1.54, 1.807) is 43.0 Å². The van der Waals surface area contributed by atoms with E-state index < -0.39 is 33.1 Å². The van der Waals surface area contributed by atoms with Gasteiger partial charge in [0.05, 0.1) is 29.2 Å². The molecule has 4 rings (SSSR count). The van der Waals surface area contributed by atoms with Crippen molar-refractivity contribution < 1.29 is 22.7 Å². The van der Waals surface area contributed by atoms with E-state index in [4.69, 9.17) is 22.1 Å². The number of hydrogen-bond acceptors (Lipinski definition) is 6. The number of sulfonamides is 1. The van der Waals surface area contributed by atoms with Crippen molar-refractivity contribution in [1.82, 2.24) is 14.9 Å². The fourth-order valence-electron chi connectivity index (χ4n) is 5.43. The van der Waals surface area contributed by atoms with Gasteiger partial charge in [0.25, 0.3) is 0 Å². The smallest absolute Gasteiger partial charge is 0.247 e. The van der Waals surface area contributed by atoms with Crippen LogP contribution < -0.4 is 15.8 Å². The molecule has 0 saturated heterocycles. The second-order valence-electron chi connectivity index (χ2n) is 11.3. The third-order valence-electron chi connectivity index (χ3n) is 7.64. The highest BCUT2D eigenvalue weighted by Crippen LogP contribution is 2.47. The number of hydrogen-bond donors (Lipinski definition) is 3. The van der Waals surface area contributed by atoms with Crippen LogP contribution in [-0.2, 0) is 31.0 Å². The van der Waals surface area contributed by atoms with Gasteiger partial charge in [-0.3, -0.25) is 9.59 Å². The Balaban J connectivity index is 0.00000484. The number of amides is 2. The lowest BCUT2D eigenvalue weighted by Gasteiger charge is -2.33. The van der Waals surface area contributed by atoms with Crippen molar-refractivity contribution in [2.75, 3.05) is 19.7 Å². The standard InChI is InChI=1S/C30H39ClN4O5S.ClH/c1-4-35(27(36)25(33-28(37)29(2,3)32)20-40-19-21-10-6-5-7-11-21)18-24-26(22-12-14-23(31)15-13-22)41(38,39)34-30(24)16-8-9-17-30;/h5-7,10-15,25,34H,4,8-9,16-20,32H2,1-3H3,(H,33,37);1H/t25-;/m1./s1. The Labute approximate surface area is 259 Å². The maximum Gasteiger partial charge on any atom is 0.247 e. The number of nitrogens with zero attached hydrogens (tertiary/aromatic N) is 1. The Bertz CT molecular complexity index is 1390. The SMILES string of the molecule is CCN(CC1=C(c2ccc(Cl)cc2)S(=O)(=O)NC12CCCC2)C(=O)[C@@H](COCc1ccccc1)NC(=O)C(C)(C)N.Cl. The summed E-state index contributed by atoms with van der Waals surface area (Å²) in [7, 11) is -3.84. The van der Waals surface area contributed by atoms with Crippen molar-refractivity contribution in [3.05, 3.63) is 76.3 Å². The average molecular weight is 640 g/mol. The highest BCUT2D eigenvalue weighted by Gasteiger charge is 2.50. The summed E-state index contributed by atoms with van der Waals surface area (Å²) in [6, 6.07) is 15.2. The Morgan fingerprint density at radius 1 is 1.12 bits per heavy atom. The number of carbonyl (C=O) groups is 2. The van der Waals surface area contributed by atoms with Gasteiger partial charge in [-0.1, -0.05) is 66.9 Å². The van der Waals surface area contributed by atoms with Crippen LogP contribution in [0, 0.1) is 0 Å². The maximum atomic E-state index is 14.0. The molecule has 2 amide bonds. The molecule has 0 aromatic heterocycles. The van der Waals surface area contributed by atoms with Crippen molar-refractivity contribution in [3.8, 4) is 0 Å². The molecule has 2 aromatic carbocycles. The molecule has 1 spiro atoms. The van der Waals surface area contributed by atoms with Gasteiger partial charge < -0.3 is 20.7 Å². The molecular weight excluding hydrogens is 599 g/mol. The summed E-state index contributed by atoms with van der Waals surface area (Å²) in [5, 5.41) is 3.26. The number of rotatable bonds is 11. The Morgan fingerprint density at radius 2 is 1.74 bits per heavy atom. The average Bonchev–Trinajstić information content (AvgIpc) is 3.47. The van der Waals surface area contributed by atoms with Gasteiger partial charge in [0, 0.05) is 18.1 Å². The second kappa shape index (κ2) is 13.9. The summed E-state index contributed by atoms with van der Waals surface area (Å²) in [5.41, 5.74) is 6.15. The largest absolute Gasteiger partial charge is 0.374 e. The normalized spacial score (nSPS) is 18.0. The molecule has 1 heterocycles. The summed E-state index contributed by atoms with van der Waals surface area (Å²) in [4.78, 5) is 28.6. The number of halogens is 2. The van der Waals surface area contributed by atoms with Gasteiger partial charge in [-0.15, -0.1) is 12.4 Å². The number of carbonyl (C=O) groups excluding carboxylic acids is 2. The molecular formula is C30H40Cl2N4O5S. The third-order valence-corrected chi connectivity index (χ3v) is 9.57. The van der Waals surface area contributed by atoms with Crippen LogP contribution in [0.3, 0.4) is 0 Å². The van der Waals surface area contributed by atoms with Crippen molar-refractivity contribution in [2.45, 2.75) is 70.2 Å². The minimum absolute atomic E-state index is 0. The number of ether oxygens (including phenoxy) is 1. The molecule has 2 aliphatic rings. The van der Waals surface area contributed by atoms with Crippen molar-refractivity contribution in [1.29, 1.82) is 0 Å². The molecule has 0 bridgehead atoms. The van der Waals surface area contributed by atoms with E-state index in [1.807, 2.05) is 37.3 Å². The topological polar surface area (TPSA) is 131 Å². The molecule has 1 atom stereocenters. The van der Waals surface area contributed by atoms with E-state index in [9.17, 15) is 18.0 Å². The summed E-state index contributed by atoms with van der Waals surface area (Å²) >= 11 is 6.09. The van der Waals surface area contributed by atoms with Crippen molar-refractivity contribution in [3.63, 3.8) is 0 Å². The van der Waals surface area contributed by atoms with Crippen LogP contribution in [0.4, 0.5) is 0 Å². The summed E-state index contributed by atoms with van der Waals surface area (Å²) in [6.07, 6.45) is 3.04. The first-order valence-electron chi connectivity index (χ1n) is 13.9. The first kappa shape index (κ1) is 34.0. The molecule has 12 heteroatoms. The number of likely N-dealkylation sites (N-methyl/N-ethyl adjacent to an activating group) is 1. The van der Waals surface area contributed by atoms with Crippen LogP contribution in [0.1, 0.15) is 57.6 Å². The predicted octanol–water partition coefficient (Wildman–Crippen LogP) is 4.01. The molecule has 0 unspecified atom stereocenters.